The molecule has 1 aromatic heterocycles. The Labute approximate surface area is 90.1 Å². The van der Waals surface area contributed by atoms with Crippen LogP contribution in [0, 0.1) is 0 Å². The molecule has 2 fully saturated rings. The summed E-state index contributed by atoms with van der Waals surface area (Å²) in [4.78, 5) is 4.74. The van der Waals surface area contributed by atoms with Gasteiger partial charge in [-0.2, -0.15) is 5.10 Å². The van der Waals surface area contributed by atoms with Crippen molar-refractivity contribution in [3.63, 3.8) is 0 Å². The van der Waals surface area contributed by atoms with Gasteiger partial charge in [0.2, 0.25) is 0 Å². The molecule has 0 amide bonds. The Kier molecular flexibility index (Phi) is 1.89. The summed E-state index contributed by atoms with van der Waals surface area (Å²) in [7, 11) is 2.03. The monoisotopic (exact) mass is 206 g/mol. The van der Waals surface area contributed by atoms with Crippen LogP contribution in [0.5, 0.6) is 0 Å². The van der Waals surface area contributed by atoms with Crippen molar-refractivity contribution in [2.75, 3.05) is 13.1 Å². The van der Waals surface area contributed by atoms with E-state index < -0.39 is 0 Å². The van der Waals surface area contributed by atoms with E-state index in [4.69, 9.17) is 4.98 Å². The van der Waals surface area contributed by atoms with E-state index in [0.717, 1.165) is 24.7 Å². The van der Waals surface area contributed by atoms with Gasteiger partial charge in [-0.1, -0.05) is 6.92 Å². The average molecular weight is 206 g/mol. The SMILES string of the molecule is Cn1nc(C2CC2)nc1C1(C)CCNC1. The molecule has 1 unspecified atom stereocenters. The van der Waals surface area contributed by atoms with Gasteiger partial charge in [-0.3, -0.25) is 4.68 Å². The van der Waals surface area contributed by atoms with Crippen molar-refractivity contribution in [1.29, 1.82) is 0 Å². The molecule has 0 spiro atoms. The lowest BCUT2D eigenvalue weighted by atomic mass is 9.89. The number of aryl methyl sites for hydroxylation is 1. The fraction of sp³-hybridized carbons (Fsp3) is 0.818. The number of nitrogens with zero attached hydrogens (tertiary/aromatic N) is 3. The van der Waals surface area contributed by atoms with Gasteiger partial charge in [-0.15, -0.1) is 0 Å². The minimum absolute atomic E-state index is 0.189. The van der Waals surface area contributed by atoms with Crippen molar-refractivity contribution < 1.29 is 0 Å². The standard InChI is InChI=1S/C11H18N4/c1-11(5-6-12-7-11)10-13-9(8-3-4-8)14-15(10)2/h8,12H,3-7H2,1-2H3. The number of hydrogen-bond acceptors (Lipinski definition) is 3. The highest BCUT2D eigenvalue weighted by molar-refractivity contribution is 5.15. The number of hydrogen-bond donors (Lipinski definition) is 1. The Morgan fingerprint density at radius 2 is 2.27 bits per heavy atom. The fourth-order valence-electron chi connectivity index (χ4n) is 2.45. The Morgan fingerprint density at radius 3 is 2.87 bits per heavy atom. The average Bonchev–Trinajstić information content (AvgIpc) is 2.85. The molecule has 15 heavy (non-hydrogen) atoms. The minimum atomic E-state index is 0.189. The van der Waals surface area contributed by atoms with E-state index in [0.29, 0.717) is 5.92 Å². The van der Waals surface area contributed by atoms with Crippen LogP contribution in [0.1, 0.15) is 43.8 Å². The van der Waals surface area contributed by atoms with Gasteiger partial charge in [-0.25, -0.2) is 4.98 Å². The van der Waals surface area contributed by atoms with Gasteiger partial charge < -0.3 is 5.32 Å². The van der Waals surface area contributed by atoms with E-state index >= 15 is 0 Å². The Morgan fingerprint density at radius 1 is 1.47 bits per heavy atom. The first-order valence-electron chi connectivity index (χ1n) is 5.81. The minimum Gasteiger partial charge on any atom is -0.316 e. The van der Waals surface area contributed by atoms with Crippen LogP contribution < -0.4 is 5.32 Å². The summed E-state index contributed by atoms with van der Waals surface area (Å²) >= 11 is 0. The van der Waals surface area contributed by atoms with Crippen LogP contribution in [0.4, 0.5) is 0 Å². The van der Waals surface area contributed by atoms with E-state index in [1.54, 1.807) is 0 Å². The van der Waals surface area contributed by atoms with Crippen LogP contribution >= 0.6 is 0 Å². The highest BCUT2D eigenvalue weighted by Crippen LogP contribution is 2.39. The van der Waals surface area contributed by atoms with Gasteiger partial charge >= 0.3 is 0 Å². The highest BCUT2D eigenvalue weighted by atomic mass is 15.3. The predicted molar refractivity (Wildman–Crippen MR) is 57.8 cm³/mol. The van der Waals surface area contributed by atoms with E-state index in [2.05, 4.69) is 17.3 Å². The summed E-state index contributed by atoms with van der Waals surface area (Å²) < 4.78 is 1.99. The molecule has 2 heterocycles. The maximum absolute atomic E-state index is 4.74. The van der Waals surface area contributed by atoms with Crippen molar-refractivity contribution >= 4 is 0 Å². The lowest BCUT2D eigenvalue weighted by Crippen LogP contribution is -2.28. The van der Waals surface area contributed by atoms with Gasteiger partial charge in [0.05, 0.1) is 0 Å². The van der Waals surface area contributed by atoms with E-state index in [-0.39, 0.29) is 5.41 Å². The van der Waals surface area contributed by atoms with Crippen molar-refractivity contribution in [2.45, 2.75) is 37.5 Å². The first-order chi connectivity index (χ1) is 7.19. The third kappa shape index (κ3) is 1.47. The Bertz CT molecular complexity index is 372. The second-order valence-corrected chi connectivity index (χ2v) is 5.18. The largest absolute Gasteiger partial charge is 0.316 e. The van der Waals surface area contributed by atoms with Crippen LogP contribution in [0.15, 0.2) is 0 Å². The molecule has 1 aromatic rings. The van der Waals surface area contributed by atoms with Crippen molar-refractivity contribution in [1.82, 2.24) is 20.1 Å². The third-order valence-electron chi connectivity index (χ3n) is 3.63. The molecule has 4 heteroatoms. The van der Waals surface area contributed by atoms with Gasteiger partial charge in [-0.05, 0) is 25.8 Å². The summed E-state index contributed by atoms with van der Waals surface area (Å²) in [5.74, 6) is 2.89. The molecule has 1 aliphatic carbocycles. The lowest BCUT2D eigenvalue weighted by Gasteiger charge is -2.20. The molecule has 1 atom stereocenters. The van der Waals surface area contributed by atoms with Gasteiger partial charge in [0, 0.05) is 24.9 Å². The maximum Gasteiger partial charge on any atom is 0.154 e. The van der Waals surface area contributed by atoms with Crippen LogP contribution in [-0.4, -0.2) is 27.9 Å². The third-order valence-corrected chi connectivity index (χ3v) is 3.63. The second-order valence-electron chi connectivity index (χ2n) is 5.18. The smallest absolute Gasteiger partial charge is 0.154 e. The molecule has 2 aliphatic rings. The maximum atomic E-state index is 4.74. The molecular formula is C11H18N4. The van der Waals surface area contributed by atoms with Crippen LogP contribution in [-0.2, 0) is 12.5 Å². The predicted octanol–water partition coefficient (Wildman–Crippen LogP) is 0.944. The van der Waals surface area contributed by atoms with Crippen molar-refractivity contribution in [3.05, 3.63) is 11.6 Å². The summed E-state index contributed by atoms with van der Waals surface area (Å²) in [5.41, 5.74) is 0.189. The number of rotatable bonds is 2. The van der Waals surface area contributed by atoms with Crippen LogP contribution in [0.3, 0.4) is 0 Å². The topological polar surface area (TPSA) is 42.7 Å². The summed E-state index contributed by atoms with van der Waals surface area (Å²) in [6.07, 6.45) is 3.72. The fourth-order valence-corrected chi connectivity index (χ4v) is 2.45. The number of aromatic nitrogens is 3. The molecule has 1 saturated carbocycles. The zero-order chi connectivity index (χ0) is 10.5. The molecule has 1 saturated heterocycles. The molecule has 82 valence electrons. The molecule has 1 N–H and O–H groups in total. The lowest BCUT2D eigenvalue weighted by molar-refractivity contribution is 0.461. The Hall–Kier alpha value is -0.900. The van der Waals surface area contributed by atoms with Crippen LogP contribution in [0.2, 0.25) is 0 Å². The van der Waals surface area contributed by atoms with Crippen molar-refractivity contribution in [2.24, 2.45) is 7.05 Å². The summed E-state index contributed by atoms with van der Waals surface area (Å²) in [6, 6.07) is 0. The molecule has 4 nitrogen and oxygen atoms in total. The number of nitrogens with one attached hydrogen (secondary N) is 1. The zero-order valence-corrected chi connectivity index (χ0v) is 9.45. The zero-order valence-electron chi connectivity index (χ0n) is 9.45. The van der Waals surface area contributed by atoms with Gasteiger partial charge in [0.15, 0.2) is 5.82 Å². The summed E-state index contributed by atoms with van der Waals surface area (Å²) in [6.45, 7) is 4.42. The first kappa shape index (κ1) is 9.33. The molecule has 0 bridgehead atoms. The van der Waals surface area contributed by atoms with Crippen LogP contribution in [0.25, 0.3) is 0 Å². The van der Waals surface area contributed by atoms with Crippen molar-refractivity contribution in [3.8, 4) is 0 Å². The van der Waals surface area contributed by atoms with E-state index in [1.807, 2.05) is 11.7 Å². The molecule has 1 aliphatic heterocycles. The molecule has 0 radical (unpaired) electrons. The van der Waals surface area contributed by atoms with Gasteiger partial charge in [0.25, 0.3) is 0 Å². The quantitative estimate of drug-likeness (QED) is 0.783. The molecule has 0 aromatic carbocycles. The van der Waals surface area contributed by atoms with Gasteiger partial charge in [0.1, 0.15) is 5.82 Å². The molecular weight excluding hydrogens is 188 g/mol. The molecule has 3 rings (SSSR count). The summed E-state index contributed by atoms with van der Waals surface area (Å²) in [5, 5.41) is 7.95. The first-order valence-corrected chi connectivity index (χ1v) is 5.81. The van der Waals surface area contributed by atoms with E-state index in [9.17, 15) is 0 Å². The van der Waals surface area contributed by atoms with E-state index in [1.165, 1.54) is 19.3 Å². The highest BCUT2D eigenvalue weighted by Gasteiger charge is 2.37. The Balaban J connectivity index is 1.95. The normalized spacial score (nSPS) is 31.1. The second kappa shape index (κ2) is 3.04.